The molecule has 0 radical (unpaired) electrons. The van der Waals surface area contributed by atoms with Crippen molar-refractivity contribution in [2.75, 3.05) is 19.8 Å². The molecule has 68 heavy (non-hydrogen) atoms. The Morgan fingerprint density at radius 2 is 1.03 bits per heavy atom. The number of aliphatic hydroxyl groups is 8. The largest absolute Gasteiger partial charge is 0.394 e. The minimum Gasteiger partial charge on any atom is -0.394 e. The van der Waals surface area contributed by atoms with Gasteiger partial charge in [-0.05, 0) is 64.2 Å². The van der Waals surface area contributed by atoms with E-state index in [-0.39, 0.29) is 18.9 Å². The molecule has 0 bridgehead atoms. The smallest absolute Gasteiger partial charge is 0.220 e. The van der Waals surface area contributed by atoms with Gasteiger partial charge in [-0.1, -0.05) is 171 Å². The summed E-state index contributed by atoms with van der Waals surface area (Å²) in [5.74, 6) is -0.269. The highest BCUT2D eigenvalue weighted by molar-refractivity contribution is 5.76. The molecule has 2 aliphatic heterocycles. The third-order valence-corrected chi connectivity index (χ3v) is 12.7. The van der Waals surface area contributed by atoms with Gasteiger partial charge >= 0.3 is 0 Å². The molecular formula is C54H95NO13. The quantitative estimate of drug-likeness (QED) is 0.0215. The lowest BCUT2D eigenvalue weighted by molar-refractivity contribution is -0.359. The van der Waals surface area contributed by atoms with Gasteiger partial charge in [-0.15, -0.1) is 0 Å². The van der Waals surface area contributed by atoms with E-state index in [1.54, 1.807) is 6.08 Å². The van der Waals surface area contributed by atoms with Crippen molar-refractivity contribution >= 4 is 5.91 Å². The highest BCUT2D eigenvalue weighted by atomic mass is 16.7. The average Bonchev–Trinajstić information content (AvgIpc) is 3.34. The van der Waals surface area contributed by atoms with Crippen LogP contribution in [0.4, 0.5) is 0 Å². The normalized spacial score (nSPS) is 26.9. The first-order valence-electron chi connectivity index (χ1n) is 26.5. The second kappa shape index (κ2) is 40.3. The summed E-state index contributed by atoms with van der Waals surface area (Å²) in [5.41, 5.74) is 0. The molecule has 12 unspecified atom stereocenters. The Morgan fingerprint density at radius 1 is 0.544 bits per heavy atom. The summed E-state index contributed by atoms with van der Waals surface area (Å²) in [6, 6.07) is -0.942. The molecule has 1 amide bonds. The van der Waals surface area contributed by atoms with Gasteiger partial charge in [0.05, 0.1) is 32.0 Å². The van der Waals surface area contributed by atoms with Crippen LogP contribution in [0.25, 0.3) is 0 Å². The van der Waals surface area contributed by atoms with Gasteiger partial charge in [0.25, 0.3) is 0 Å². The van der Waals surface area contributed by atoms with Crippen molar-refractivity contribution in [2.45, 2.75) is 254 Å². The Hall–Kier alpha value is -2.31. The Morgan fingerprint density at radius 3 is 1.62 bits per heavy atom. The van der Waals surface area contributed by atoms with E-state index in [2.05, 4.69) is 67.8 Å². The van der Waals surface area contributed by atoms with Crippen LogP contribution in [0, 0.1) is 0 Å². The fourth-order valence-corrected chi connectivity index (χ4v) is 8.38. The van der Waals surface area contributed by atoms with Gasteiger partial charge < -0.3 is 65.1 Å². The van der Waals surface area contributed by atoms with Gasteiger partial charge in [-0.25, -0.2) is 0 Å². The van der Waals surface area contributed by atoms with Gasteiger partial charge in [0.2, 0.25) is 5.91 Å². The monoisotopic (exact) mass is 966 g/mol. The fraction of sp³-hybridized carbons (Fsp3) is 0.796. The summed E-state index contributed by atoms with van der Waals surface area (Å²) in [7, 11) is 0. The molecule has 0 aliphatic carbocycles. The van der Waals surface area contributed by atoms with E-state index in [1.165, 1.54) is 83.5 Å². The minimum absolute atomic E-state index is 0.251. The first-order chi connectivity index (χ1) is 33.1. The Kier molecular flexibility index (Phi) is 36.6. The zero-order chi connectivity index (χ0) is 49.6. The van der Waals surface area contributed by atoms with E-state index in [0.717, 1.165) is 64.2 Å². The Bertz CT molecular complexity index is 1370. The van der Waals surface area contributed by atoms with E-state index >= 15 is 0 Å². The van der Waals surface area contributed by atoms with Crippen LogP contribution in [0.3, 0.4) is 0 Å². The maximum absolute atomic E-state index is 13.2. The van der Waals surface area contributed by atoms with Crippen LogP contribution < -0.4 is 5.32 Å². The fourth-order valence-electron chi connectivity index (χ4n) is 8.38. The molecule has 0 aromatic carbocycles. The number of amides is 1. The maximum Gasteiger partial charge on any atom is 0.220 e. The third kappa shape index (κ3) is 26.8. The zero-order valence-electron chi connectivity index (χ0n) is 41.8. The number of aliphatic hydroxyl groups excluding tert-OH is 8. The molecule has 0 spiro atoms. The topological polar surface area (TPSA) is 228 Å². The van der Waals surface area contributed by atoms with Crippen LogP contribution >= 0.6 is 0 Å². The predicted molar refractivity (Wildman–Crippen MR) is 267 cm³/mol. The average molecular weight is 966 g/mol. The molecule has 12 atom stereocenters. The maximum atomic E-state index is 13.2. The van der Waals surface area contributed by atoms with Crippen LogP contribution in [0.1, 0.15) is 181 Å². The van der Waals surface area contributed by atoms with Crippen molar-refractivity contribution in [3.05, 3.63) is 60.8 Å². The van der Waals surface area contributed by atoms with Crippen molar-refractivity contribution in [3.8, 4) is 0 Å². The molecule has 0 aromatic rings. The number of hydrogen-bond donors (Lipinski definition) is 9. The van der Waals surface area contributed by atoms with Gasteiger partial charge in [0, 0.05) is 6.42 Å². The minimum atomic E-state index is -1.79. The van der Waals surface area contributed by atoms with Crippen molar-refractivity contribution in [2.24, 2.45) is 0 Å². The van der Waals surface area contributed by atoms with Crippen molar-refractivity contribution in [1.82, 2.24) is 5.32 Å². The second-order valence-electron chi connectivity index (χ2n) is 18.6. The summed E-state index contributed by atoms with van der Waals surface area (Å²) in [6.07, 6.45) is 32.6. The molecule has 2 heterocycles. The number of unbranched alkanes of at least 4 members (excludes halogenated alkanes) is 19. The molecule has 2 aliphatic rings. The SMILES string of the molecule is CC/C=C\C/C=C\C/C=C\CCCCCCCC(=O)NC(COC1OC(CO)C(OC2OC(CO)C(O)C(O)C2O)C(O)C1O)C(O)/C=C/CC/C=C/CCCCCCCCCCCCCCC. The summed E-state index contributed by atoms with van der Waals surface area (Å²) in [5, 5.41) is 86.8. The van der Waals surface area contributed by atoms with Crippen LogP contribution in [0.2, 0.25) is 0 Å². The molecule has 2 rings (SSSR count). The predicted octanol–water partition coefficient (Wildman–Crippen LogP) is 7.44. The van der Waals surface area contributed by atoms with Crippen molar-refractivity contribution < 1.29 is 64.6 Å². The lowest BCUT2D eigenvalue weighted by Crippen LogP contribution is -2.65. The van der Waals surface area contributed by atoms with E-state index in [9.17, 15) is 45.6 Å². The summed E-state index contributed by atoms with van der Waals surface area (Å²) < 4.78 is 22.7. The van der Waals surface area contributed by atoms with Crippen molar-refractivity contribution in [1.29, 1.82) is 0 Å². The zero-order valence-corrected chi connectivity index (χ0v) is 41.8. The third-order valence-electron chi connectivity index (χ3n) is 12.7. The van der Waals surface area contributed by atoms with Crippen LogP contribution in [-0.4, -0.2) is 140 Å². The molecule has 14 heteroatoms. The van der Waals surface area contributed by atoms with Gasteiger partial charge in [0.15, 0.2) is 12.6 Å². The molecule has 2 saturated heterocycles. The number of carbonyl (C=O) groups is 1. The summed E-state index contributed by atoms with van der Waals surface area (Å²) >= 11 is 0. The molecule has 2 fully saturated rings. The van der Waals surface area contributed by atoms with Crippen LogP contribution in [-0.2, 0) is 23.7 Å². The first-order valence-corrected chi connectivity index (χ1v) is 26.5. The molecule has 0 saturated carbocycles. The molecular weight excluding hydrogens is 871 g/mol. The van der Waals surface area contributed by atoms with E-state index in [1.807, 2.05) is 6.08 Å². The number of rotatable bonds is 40. The number of hydrogen-bond acceptors (Lipinski definition) is 13. The van der Waals surface area contributed by atoms with Crippen LogP contribution in [0.15, 0.2) is 60.8 Å². The number of nitrogens with one attached hydrogen (secondary N) is 1. The number of allylic oxidation sites excluding steroid dienone is 9. The molecule has 9 N–H and O–H groups in total. The first kappa shape index (κ1) is 61.8. The molecule has 394 valence electrons. The van der Waals surface area contributed by atoms with E-state index in [4.69, 9.17) is 18.9 Å². The number of ether oxygens (including phenoxy) is 4. The van der Waals surface area contributed by atoms with Crippen molar-refractivity contribution in [3.63, 3.8) is 0 Å². The summed E-state index contributed by atoms with van der Waals surface area (Å²) in [4.78, 5) is 13.2. The second-order valence-corrected chi connectivity index (χ2v) is 18.6. The summed E-state index contributed by atoms with van der Waals surface area (Å²) in [6.45, 7) is 2.64. The van der Waals surface area contributed by atoms with E-state index < -0.39 is 86.8 Å². The van der Waals surface area contributed by atoms with E-state index in [0.29, 0.717) is 12.8 Å². The number of carbonyl (C=O) groups excluding carboxylic acids is 1. The Balaban J connectivity index is 1.86. The van der Waals surface area contributed by atoms with Gasteiger partial charge in [-0.2, -0.15) is 0 Å². The highest BCUT2D eigenvalue weighted by Crippen LogP contribution is 2.30. The standard InChI is InChI=1S/C54H95NO13/c1-3-5-7-9-11-13-15-17-19-20-21-22-24-25-27-29-31-33-35-37-43(58)42(55-46(59)38-36-34-32-30-28-26-23-18-16-14-12-10-8-6-4-2)41-65-53-51(64)49(62)52(45(40-57)67-53)68-54-50(63)48(61)47(60)44(39-56)66-54/h6,8,12,14,18,23,27,29,35,37,42-45,47-54,56-58,60-64H,3-5,7,9-11,13,15-17,19-22,24-26,28,30-34,36,38-41H2,1-2H3,(H,55,59)/b8-6-,14-12-,23-18-,29-27+,37-35+. The van der Waals surface area contributed by atoms with Gasteiger partial charge in [0.1, 0.15) is 48.8 Å². The molecule has 14 nitrogen and oxygen atoms in total. The lowest BCUT2D eigenvalue weighted by Gasteiger charge is -2.46. The van der Waals surface area contributed by atoms with Crippen LogP contribution in [0.5, 0.6) is 0 Å². The molecule has 0 aromatic heterocycles. The highest BCUT2D eigenvalue weighted by Gasteiger charge is 2.51. The Labute approximate surface area is 409 Å². The van der Waals surface area contributed by atoms with Gasteiger partial charge in [-0.3, -0.25) is 4.79 Å². The lowest BCUT2D eigenvalue weighted by atomic mass is 9.97.